The highest BCUT2D eigenvalue weighted by Crippen LogP contribution is 2.29. The molecule has 0 saturated heterocycles. The van der Waals surface area contributed by atoms with Gasteiger partial charge in [-0.2, -0.15) is 0 Å². The number of methoxy groups -OCH3 is 1. The maximum Gasteiger partial charge on any atom is 0.324 e. The Labute approximate surface area is 160 Å². The number of nitrogens with zero attached hydrogens (tertiary/aromatic N) is 2. The second-order valence-electron chi connectivity index (χ2n) is 6.02. The fraction of sp³-hybridized carbons (Fsp3) is 0.0476. The van der Waals surface area contributed by atoms with Crippen molar-refractivity contribution in [1.29, 1.82) is 0 Å². The predicted molar refractivity (Wildman–Crippen MR) is 106 cm³/mol. The second-order valence-corrected chi connectivity index (χ2v) is 6.02. The third-order valence-electron chi connectivity index (χ3n) is 4.23. The molecule has 0 radical (unpaired) electrons. The van der Waals surface area contributed by atoms with Gasteiger partial charge in [-0.3, -0.25) is 9.72 Å². The average Bonchev–Trinajstić information content (AvgIpc) is 3.07. The predicted octanol–water partition coefficient (Wildman–Crippen LogP) is 4.79. The Morgan fingerprint density at radius 3 is 2.54 bits per heavy atom. The van der Waals surface area contributed by atoms with E-state index >= 15 is 0 Å². The minimum absolute atomic E-state index is 0.337. The topological polar surface area (TPSA) is 67.7 Å². The minimum atomic E-state index is -0.446. The zero-order valence-electron chi connectivity index (χ0n) is 15.0. The van der Waals surface area contributed by atoms with Gasteiger partial charge in [0.2, 0.25) is 0 Å². The molecule has 6 nitrogen and oxygen atoms in total. The highest BCUT2D eigenvalue weighted by Gasteiger charge is 2.17. The van der Waals surface area contributed by atoms with Gasteiger partial charge < -0.3 is 10.1 Å². The quantitative estimate of drug-likeness (QED) is 0.538. The van der Waals surface area contributed by atoms with Crippen LogP contribution in [0, 0.1) is 5.82 Å². The summed E-state index contributed by atoms with van der Waals surface area (Å²) in [7, 11) is 1.54. The number of rotatable bonds is 4. The van der Waals surface area contributed by atoms with Crippen molar-refractivity contribution < 1.29 is 13.9 Å². The largest absolute Gasteiger partial charge is 0.495 e. The Balaban J connectivity index is 1.70. The fourth-order valence-electron chi connectivity index (χ4n) is 2.93. The smallest absolute Gasteiger partial charge is 0.324 e. The van der Waals surface area contributed by atoms with Crippen molar-refractivity contribution in [2.24, 2.45) is 0 Å². The number of ether oxygens (including phenoxy) is 1. The van der Waals surface area contributed by atoms with Gasteiger partial charge in [0.05, 0.1) is 12.8 Å². The molecule has 0 saturated carbocycles. The molecule has 28 heavy (non-hydrogen) atoms. The van der Waals surface area contributed by atoms with Gasteiger partial charge in [0.15, 0.2) is 0 Å². The molecular weight excluding hydrogens is 359 g/mol. The summed E-state index contributed by atoms with van der Waals surface area (Å²) >= 11 is 0. The zero-order valence-corrected chi connectivity index (χ0v) is 15.0. The Hall–Kier alpha value is -3.87. The molecule has 140 valence electrons. The minimum Gasteiger partial charge on any atom is -0.495 e. The van der Waals surface area contributed by atoms with E-state index in [0.29, 0.717) is 34.2 Å². The van der Waals surface area contributed by atoms with Crippen molar-refractivity contribution in [3.63, 3.8) is 0 Å². The van der Waals surface area contributed by atoms with Gasteiger partial charge in [-0.25, -0.2) is 14.2 Å². The lowest BCUT2D eigenvalue weighted by Gasteiger charge is -2.12. The van der Waals surface area contributed by atoms with E-state index in [1.807, 2.05) is 24.3 Å². The molecule has 0 bridgehead atoms. The van der Waals surface area contributed by atoms with Crippen LogP contribution in [0.1, 0.15) is 0 Å². The van der Waals surface area contributed by atoms with Crippen molar-refractivity contribution in [3.05, 3.63) is 78.7 Å². The number of imidazole rings is 1. The number of aromatic nitrogens is 2. The molecular formula is C21H17FN4O2. The van der Waals surface area contributed by atoms with Gasteiger partial charge in [0.25, 0.3) is 0 Å². The number of urea groups is 1. The van der Waals surface area contributed by atoms with E-state index in [2.05, 4.69) is 15.6 Å². The first-order valence-electron chi connectivity index (χ1n) is 8.60. The SMILES string of the molecule is COc1ccccc1NC(=O)Nc1c(-c2ccc(F)cc2)nc2ccccn12. The molecule has 2 amide bonds. The number of carbonyl (C=O) groups excluding carboxylic acids is 1. The standard InChI is InChI=1S/C21H17FN4O2/c1-28-17-7-3-2-6-16(17)23-21(27)25-20-19(14-9-11-15(22)12-10-14)24-18-8-4-5-13-26(18)20/h2-13H,1H3,(H2,23,25,27). The molecule has 2 aromatic carbocycles. The molecule has 4 rings (SSSR count). The van der Waals surface area contributed by atoms with Crippen LogP contribution >= 0.6 is 0 Å². The van der Waals surface area contributed by atoms with Crippen molar-refractivity contribution in [1.82, 2.24) is 9.38 Å². The van der Waals surface area contributed by atoms with Crippen LogP contribution in [0.25, 0.3) is 16.9 Å². The molecule has 0 aliphatic rings. The van der Waals surface area contributed by atoms with Gasteiger partial charge in [0.1, 0.15) is 28.7 Å². The number of hydrogen-bond acceptors (Lipinski definition) is 3. The second kappa shape index (κ2) is 7.40. The van der Waals surface area contributed by atoms with Crippen LogP contribution < -0.4 is 15.4 Å². The summed E-state index contributed by atoms with van der Waals surface area (Å²) < 4.78 is 20.3. The van der Waals surface area contributed by atoms with Crippen LogP contribution in [0.15, 0.2) is 72.9 Å². The first-order chi connectivity index (χ1) is 13.7. The third kappa shape index (κ3) is 3.37. The van der Waals surface area contributed by atoms with Gasteiger partial charge in [0, 0.05) is 11.8 Å². The molecule has 0 atom stereocenters. The molecule has 0 aliphatic heterocycles. The first kappa shape index (κ1) is 17.5. The maximum absolute atomic E-state index is 13.3. The molecule has 0 spiro atoms. The van der Waals surface area contributed by atoms with E-state index in [9.17, 15) is 9.18 Å². The number of anilines is 2. The summed E-state index contributed by atoms with van der Waals surface area (Å²) in [5.74, 6) is 0.695. The van der Waals surface area contributed by atoms with Crippen molar-refractivity contribution >= 4 is 23.2 Å². The van der Waals surface area contributed by atoms with E-state index in [1.165, 1.54) is 19.2 Å². The Bertz CT molecular complexity index is 1140. The molecule has 2 N–H and O–H groups in total. The average molecular weight is 376 g/mol. The number of hydrogen-bond donors (Lipinski definition) is 2. The van der Waals surface area contributed by atoms with Gasteiger partial charge in [-0.05, 0) is 48.5 Å². The van der Waals surface area contributed by atoms with Gasteiger partial charge in [-0.1, -0.05) is 18.2 Å². The Morgan fingerprint density at radius 2 is 1.75 bits per heavy atom. The van der Waals surface area contributed by atoms with E-state index in [0.717, 1.165) is 0 Å². The molecule has 4 aromatic rings. The molecule has 2 heterocycles. The summed E-state index contributed by atoms with van der Waals surface area (Å²) in [6.07, 6.45) is 1.80. The highest BCUT2D eigenvalue weighted by atomic mass is 19.1. The van der Waals surface area contributed by atoms with Crippen molar-refractivity contribution in [2.75, 3.05) is 17.7 Å². The molecule has 0 fully saturated rings. The normalized spacial score (nSPS) is 10.6. The van der Waals surface area contributed by atoms with Gasteiger partial charge in [-0.15, -0.1) is 0 Å². The number of carbonyl (C=O) groups is 1. The summed E-state index contributed by atoms with van der Waals surface area (Å²) in [6, 6.07) is 18.2. The number of nitrogens with one attached hydrogen (secondary N) is 2. The zero-order chi connectivity index (χ0) is 19.5. The molecule has 7 heteroatoms. The Kier molecular flexibility index (Phi) is 4.63. The Morgan fingerprint density at radius 1 is 1.00 bits per heavy atom. The number of pyridine rings is 1. The molecule has 0 unspecified atom stereocenters. The highest BCUT2D eigenvalue weighted by molar-refractivity contribution is 6.02. The summed E-state index contributed by atoms with van der Waals surface area (Å²) in [5, 5.41) is 5.62. The van der Waals surface area contributed by atoms with Crippen LogP contribution in [-0.4, -0.2) is 22.5 Å². The lowest BCUT2D eigenvalue weighted by atomic mass is 10.1. The van der Waals surface area contributed by atoms with Crippen molar-refractivity contribution in [2.45, 2.75) is 0 Å². The lowest BCUT2D eigenvalue weighted by molar-refractivity contribution is 0.262. The third-order valence-corrected chi connectivity index (χ3v) is 4.23. The van der Waals surface area contributed by atoms with Crippen LogP contribution in [-0.2, 0) is 0 Å². The summed E-state index contributed by atoms with van der Waals surface area (Å²) in [6.45, 7) is 0. The maximum atomic E-state index is 13.3. The van der Waals surface area contributed by atoms with Crippen LogP contribution in [0.2, 0.25) is 0 Å². The first-order valence-corrected chi connectivity index (χ1v) is 8.60. The number of fused-ring (bicyclic) bond motifs is 1. The summed E-state index contributed by atoms with van der Waals surface area (Å²) in [5.41, 5.74) is 2.44. The molecule has 0 aliphatic carbocycles. The number of amides is 2. The molecule has 2 aromatic heterocycles. The van der Waals surface area contributed by atoms with Crippen LogP contribution in [0.4, 0.5) is 20.7 Å². The van der Waals surface area contributed by atoms with Crippen molar-refractivity contribution in [3.8, 4) is 17.0 Å². The number of benzene rings is 2. The fourth-order valence-corrected chi connectivity index (χ4v) is 2.93. The van der Waals surface area contributed by atoms with E-state index in [4.69, 9.17) is 4.74 Å². The monoisotopic (exact) mass is 376 g/mol. The number of para-hydroxylation sites is 2. The van der Waals surface area contributed by atoms with Crippen LogP contribution in [0.3, 0.4) is 0 Å². The summed E-state index contributed by atoms with van der Waals surface area (Å²) in [4.78, 5) is 17.2. The van der Waals surface area contributed by atoms with E-state index in [-0.39, 0.29) is 5.82 Å². The van der Waals surface area contributed by atoms with Gasteiger partial charge >= 0.3 is 6.03 Å². The van der Waals surface area contributed by atoms with E-state index < -0.39 is 6.03 Å². The number of halogens is 1. The van der Waals surface area contributed by atoms with Crippen LogP contribution in [0.5, 0.6) is 5.75 Å². The van der Waals surface area contributed by atoms with E-state index in [1.54, 1.807) is 40.9 Å². The lowest BCUT2D eigenvalue weighted by Crippen LogP contribution is -2.21.